The van der Waals surface area contributed by atoms with Gasteiger partial charge in [-0.05, 0) is 59.1 Å². The van der Waals surface area contributed by atoms with Crippen LogP contribution in [0.15, 0.2) is 24.3 Å². The van der Waals surface area contributed by atoms with Crippen molar-refractivity contribution in [2.24, 2.45) is 0 Å². The molecule has 6 nitrogen and oxygen atoms in total. The number of amides is 1. The number of halogens is 1. The summed E-state index contributed by atoms with van der Waals surface area (Å²) in [5.41, 5.74) is 2.01. The molecule has 0 unspecified atom stereocenters. The predicted molar refractivity (Wildman–Crippen MR) is 107 cm³/mol. The minimum atomic E-state index is -0.310. The molecule has 2 aromatic heterocycles. The molecule has 1 aromatic carbocycles. The highest BCUT2D eigenvalue weighted by Crippen LogP contribution is 2.30. The van der Waals surface area contributed by atoms with Crippen molar-refractivity contribution in [3.8, 4) is 0 Å². The third-order valence-electron chi connectivity index (χ3n) is 4.22. The first-order chi connectivity index (χ1) is 12.8. The zero-order valence-corrected chi connectivity index (χ0v) is 17.0. The van der Waals surface area contributed by atoms with Crippen molar-refractivity contribution in [1.82, 2.24) is 19.7 Å². The second-order valence-corrected chi connectivity index (χ2v) is 8.09. The van der Waals surface area contributed by atoms with Crippen LogP contribution < -0.4 is 4.90 Å². The number of thiazole rings is 1. The average molecular weight is 390 g/mol. The quantitative estimate of drug-likeness (QED) is 0.645. The predicted octanol–water partition coefficient (Wildman–Crippen LogP) is 3.73. The van der Waals surface area contributed by atoms with Gasteiger partial charge in [-0.2, -0.15) is 5.10 Å². The summed E-state index contributed by atoms with van der Waals surface area (Å²) >= 11 is 1.31. The molecule has 0 radical (unpaired) electrons. The number of aromatic nitrogens is 3. The minimum Gasteiger partial charge on any atom is -0.308 e. The molecule has 0 spiro atoms. The molecule has 0 saturated carbocycles. The fourth-order valence-corrected chi connectivity index (χ4v) is 3.85. The standard InChI is InChI=1S/C19H24FN5OS/c1-12(2)25-13(3)10-16(22-25)18(26)24(9-8-23(4)5)19-21-15-7-6-14(20)11-17(15)27-19/h6-7,10-12H,8-9H2,1-5H3. The highest BCUT2D eigenvalue weighted by molar-refractivity contribution is 7.22. The number of fused-ring (bicyclic) bond motifs is 1. The zero-order valence-electron chi connectivity index (χ0n) is 16.2. The van der Waals surface area contributed by atoms with Crippen molar-refractivity contribution < 1.29 is 9.18 Å². The topological polar surface area (TPSA) is 54.3 Å². The smallest absolute Gasteiger partial charge is 0.280 e. The fraction of sp³-hybridized carbons (Fsp3) is 0.421. The number of anilines is 1. The SMILES string of the molecule is Cc1cc(C(=O)N(CCN(C)C)c2nc3ccc(F)cc3s2)nn1C(C)C. The summed E-state index contributed by atoms with van der Waals surface area (Å²) in [4.78, 5) is 21.4. The van der Waals surface area contributed by atoms with Crippen LogP contribution in [0.3, 0.4) is 0 Å². The summed E-state index contributed by atoms with van der Waals surface area (Å²) in [6.07, 6.45) is 0. The molecular weight excluding hydrogens is 365 g/mol. The molecule has 144 valence electrons. The van der Waals surface area contributed by atoms with Crippen LogP contribution in [0.4, 0.5) is 9.52 Å². The van der Waals surface area contributed by atoms with Crippen molar-refractivity contribution in [2.75, 3.05) is 32.1 Å². The Morgan fingerprint density at radius 1 is 1.26 bits per heavy atom. The number of carbonyl (C=O) groups is 1. The van der Waals surface area contributed by atoms with E-state index in [2.05, 4.69) is 10.1 Å². The summed E-state index contributed by atoms with van der Waals surface area (Å²) in [6, 6.07) is 6.44. The van der Waals surface area contributed by atoms with Gasteiger partial charge in [-0.25, -0.2) is 9.37 Å². The van der Waals surface area contributed by atoms with Gasteiger partial charge in [0.05, 0.1) is 10.2 Å². The van der Waals surface area contributed by atoms with Gasteiger partial charge in [-0.1, -0.05) is 11.3 Å². The molecule has 3 rings (SSSR count). The molecule has 1 amide bonds. The molecule has 27 heavy (non-hydrogen) atoms. The van der Waals surface area contributed by atoms with Crippen LogP contribution in [0.2, 0.25) is 0 Å². The molecule has 0 aliphatic heterocycles. The van der Waals surface area contributed by atoms with E-state index in [9.17, 15) is 9.18 Å². The number of nitrogens with zero attached hydrogens (tertiary/aromatic N) is 5. The first kappa shape index (κ1) is 19.4. The lowest BCUT2D eigenvalue weighted by Gasteiger charge is -2.21. The summed E-state index contributed by atoms with van der Waals surface area (Å²) < 4.78 is 16.1. The van der Waals surface area contributed by atoms with Gasteiger partial charge in [0.25, 0.3) is 5.91 Å². The molecule has 0 saturated heterocycles. The Morgan fingerprint density at radius 2 is 2.00 bits per heavy atom. The van der Waals surface area contributed by atoms with Crippen molar-refractivity contribution in [3.63, 3.8) is 0 Å². The Balaban J connectivity index is 1.98. The van der Waals surface area contributed by atoms with Gasteiger partial charge in [0.1, 0.15) is 5.82 Å². The van der Waals surface area contributed by atoms with Crippen molar-refractivity contribution in [1.29, 1.82) is 0 Å². The van der Waals surface area contributed by atoms with Crippen molar-refractivity contribution >= 4 is 32.6 Å². The van der Waals surface area contributed by atoms with Gasteiger partial charge in [0.15, 0.2) is 10.8 Å². The van der Waals surface area contributed by atoms with Crippen molar-refractivity contribution in [2.45, 2.75) is 26.8 Å². The van der Waals surface area contributed by atoms with E-state index >= 15 is 0 Å². The molecule has 3 aromatic rings. The highest BCUT2D eigenvalue weighted by Gasteiger charge is 2.24. The van der Waals surface area contributed by atoms with E-state index < -0.39 is 0 Å². The largest absolute Gasteiger partial charge is 0.308 e. The van der Waals surface area contributed by atoms with Gasteiger partial charge < -0.3 is 4.90 Å². The second-order valence-electron chi connectivity index (χ2n) is 7.08. The van der Waals surface area contributed by atoms with Crippen LogP contribution >= 0.6 is 11.3 Å². The molecule has 0 fully saturated rings. The number of benzene rings is 1. The Hall–Kier alpha value is -2.32. The lowest BCUT2D eigenvalue weighted by molar-refractivity contribution is 0.0979. The number of likely N-dealkylation sites (N-methyl/N-ethyl adjacent to an activating group) is 1. The normalized spacial score (nSPS) is 11.7. The van der Waals surface area contributed by atoms with E-state index in [4.69, 9.17) is 0 Å². The summed E-state index contributed by atoms with van der Waals surface area (Å²) in [5.74, 6) is -0.506. The number of hydrogen-bond acceptors (Lipinski definition) is 5. The summed E-state index contributed by atoms with van der Waals surface area (Å²) in [7, 11) is 3.90. The van der Waals surface area contributed by atoms with E-state index in [0.717, 1.165) is 10.4 Å². The van der Waals surface area contributed by atoms with Gasteiger partial charge in [-0.3, -0.25) is 14.4 Å². The molecule has 8 heteroatoms. The van der Waals surface area contributed by atoms with Crippen LogP contribution in [-0.4, -0.2) is 52.8 Å². The maximum Gasteiger partial charge on any atom is 0.280 e. The Labute approximate surface area is 162 Å². The van der Waals surface area contributed by atoms with Crippen LogP contribution in [0, 0.1) is 12.7 Å². The zero-order chi connectivity index (χ0) is 19.7. The maximum atomic E-state index is 13.5. The van der Waals surface area contributed by atoms with E-state index in [-0.39, 0.29) is 17.8 Å². The molecule has 0 aliphatic rings. The van der Waals surface area contributed by atoms with Crippen LogP contribution in [0.1, 0.15) is 36.1 Å². The lowest BCUT2D eigenvalue weighted by Crippen LogP contribution is -2.37. The summed E-state index contributed by atoms with van der Waals surface area (Å²) in [6.45, 7) is 7.15. The van der Waals surface area contributed by atoms with Gasteiger partial charge in [0.2, 0.25) is 0 Å². The fourth-order valence-electron chi connectivity index (χ4n) is 2.84. The third kappa shape index (κ3) is 4.17. The molecule has 0 atom stereocenters. The van der Waals surface area contributed by atoms with Gasteiger partial charge in [0, 0.05) is 24.8 Å². The lowest BCUT2D eigenvalue weighted by atomic mass is 10.3. The van der Waals surface area contributed by atoms with E-state index in [1.165, 1.54) is 23.5 Å². The number of carbonyl (C=O) groups excluding carboxylic acids is 1. The van der Waals surface area contributed by atoms with Crippen LogP contribution in [-0.2, 0) is 0 Å². The second kappa shape index (κ2) is 7.74. The molecule has 0 aliphatic carbocycles. The monoisotopic (exact) mass is 389 g/mol. The van der Waals surface area contributed by atoms with Crippen molar-refractivity contribution in [3.05, 3.63) is 41.5 Å². The first-order valence-electron chi connectivity index (χ1n) is 8.85. The first-order valence-corrected chi connectivity index (χ1v) is 9.66. The number of rotatable bonds is 6. The highest BCUT2D eigenvalue weighted by atomic mass is 32.1. The Kier molecular flexibility index (Phi) is 5.57. The van der Waals surface area contributed by atoms with E-state index in [1.807, 2.05) is 44.4 Å². The molecule has 2 heterocycles. The van der Waals surface area contributed by atoms with Gasteiger partial charge >= 0.3 is 0 Å². The number of hydrogen-bond donors (Lipinski definition) is 0. The van der Waals surface area contributed by atoms with Crippen LogP contribution in [0.5, 0.6) is 0 Å². The minimum absolute atomic E-state index is 0.173. The number of aryl methyl sites for hydroxylation is 1. The molecular formula is C19H24FN5OS. The third-order valence-corrected chi connectivity index (χ3v) is 5.26. The molecule has 0 N–H and O–H groups in total. The van der Waals surface area contributed by atoms with Crippen LogP contribution in [0.25, 0.3) is 10.2 Å². The average Bonchev–Trinajstić information content (AvgIpc) is 3.17. The van der Waals surface area contributed by atoms with E-state index in [1.54, 1.807) is 17.0 Å². The van der Waals surface area contributed by atoms with Gasteiger partial charge in [-0.15, -0.1) is 0 Å². The Morgan fingerprint density at radius 3 is 2.63 bits per heavy atom. The Bertz CT molecular complexity index is 962. The van der Waals surface area contributed by atoms with E-state index in [0.29, 0.717) is 29.4 Å². The summed E-state index contributed by atoms with van der Waals surface area (Å²) in [5, 5.41) is 5.03. The maximum absolute atomic E-state index is 13.5. The molecule has 0 bridgehead atoms.